The molecular weight excluding hydrogens is 406 g/mol. The molecule has 1 N–H and O–H groups in total. The summed E-state index contributed by atoms with van der Waals surface area (Å²) < 4.78 is 10.4. The number of aryl methyl sites for hydroxylation is 1. The molecule has 0 aliphatic carbocycles. The molecule has 3 heterocycles. The summed E-state index contributed by atoms with van der Waals surface area (Å²) >= 11 is 1.31. The van der Waals surface area contributed by atoms with E-state index in [0.717, 1.165) is 12.1 Å². The Hall–Kier alpha value is -3.46. The second kappa shape index (κ2) is 8.50. The van der Waals surface area contributed by atoms with E-state index in [1.807, 2.05) is 6.07 Å². The highest BCUT2D eigenvalue weighted by Gasteiger charge is 2.22. The van der Waals surface area contributed by atoms with Gasteiger partial charge in [0.05, 0.1) is 6.26 Å². The number of nitrogens with zero attached hydrogens (tertiary/aromatic N) is 2. The molecule has 9 heteroatoms. The van der Waals surface area contributed by atoms with Crippen molar-refractivity contribution in [3.63, 3.8) is 0 Å². The largest absolute Gasteiger partial charge is 0.462 e. The Bertz CT molecular complexity index is 1090. The number of rotatable bonds is 6. The Labute approximate surface area is 176 Å². The number of benzene rings is 1. The van der Waals surface area contributed by atoms with Crippen LogP contribution >= 0.6 is 11.3 Å². The maximum absolute atomic E-state index is 12.3. The molecule has 0 saturated carbocycles. The van der Waals surface area contributed by atoms with Gasteiger partial charge in [0, 0.05) is 29.2 Å². The molecule has 2 amide bonds. The molecule has 1 saturated heterocycles. The topological polar surface area (TPSA) is 102 Å². The van der Waals surface area contributed by atoms with Crippen molar-refractivity contribution in [3.8, 4) is 10.8 Å². The van der Waals surface area contributed by atoms with Crippen LogP contribution in [0.25, 0.3) is 10.8 Å². The highest BCUT2D eigenvalue weighted by atomic mass is 32.1. The molecule has 1 fully saturated rings. The van der Waals surface area contributed by atoms with Crippen LogP contribution in [-0.4, -0.2) is 35.9 Å². The first-order valence-electron chi connectivity index (χ1n) is 9.40. The van der Waals surface area contributed by atoms with E-state index >= 15 is 0 Å². The summed E-state index contributed by atoms with van der Waals surface area (Å²) in [7, 11) is 0. The van der Waals surface area contributed by atoms with Crippen molar-refractivity contribution in [2.24, 2.45) is 0 Å². The highest BCUT2D eigenvalue weighted by molar-refractivity contribution is 7.15. The number of carbonyl (C=O) groups is 3. The number of thiazole rings is 1. The van der Waals surface area contributed by atoms with Crippen molar-refractivity contribution in [1.82, 2.24) is 4.98 Å². The first kappa shape index (κ1) is 19.8. The number of amides is 2. The number of aromatic nitrogens is 1. The standard InChI is InChI=1S/C21H19N3O5S/c1-13-19(23-20(30-13)16-7-4-10-28-16)21(27)29-12-17(25)22-14-5-2-6-15(11-14)24-9-3-8-18(24)26/h2,4-7,10-11H,3,8-9,12H2,1H3,(H,22,25). The van der Waals surface area contributed by atoms with Gasteiger partial charge in [0.1, 0.15) is 0 Å². The van der Waals surface area contributed by atoms with E-state index in [-0.39, 0.29) is 11.6 Å². The summed E-state index contributed by atoms with van der Waals surface area (Å²) in [4.78, 5) is 43.1. The smallest absolute Gasteiger partial charge is 0.358 e. The summed E-state index contributed by atoms with van der Waals surface area (Å²) in [6.07, 6.45) is 2.89. The molecule has 1 aliphatic rings. The van der Waals surface area contributed by atoms with Gasteiger partial charge < -0.3 is 19.4 Å². The minimum absolute atomic E-state index is 0.0694. The lowest BCUT2D eigenvalue weighted by atomic mass is 10.2. The van der Waals surface area contributed by atoms with Crippen LogP contribution in [0.4, 0.5) is 11.4 Å². The van der Waals surface area contributed by atoms with Crippen LogP contribution < -0.4 is 10.2 Å². The molecule has 4 rings (SSSR count). The highest BCUT2D eigenvalue weighted by Crippen LogP contribution is 2.28. The molecule has 1 aromatic carbocycles. The fourth-order valence-electron chi connectivity index (χ4n) is 3.16. The third-order valence-corrected chi connectivity index (χ3v) is 5.56. The van der Waals surface area contributed by atoms with E-state index < -0.39 is 18.5 Å². The molecule has 0 atom stereocenters. The van der Waals surface area contributed by atoms with E-state index in [9.17, 15) is 14.4 Å². The Morgan fingerprint density at radius 2 is 2.17 bits per heavy atom. The maximum Gasteiger partial charge on any atom is 0.358 e. The predicted molar refractivity (Wildman–Crippen MR) is 111 cm³/mol. The van der Waals surface area contributed by atoms with Gasteiger partial charge in [-0.3, -0.25) is 9.59 Å². The van der Waals surface area contributed by atoms with Crippen LogP contribution in [0.5, 0.6) is 0 Å². The molecule has 3 aromatic rings. The third-order valence-electron chi connectivity index (χ3n) is 4.57. The van der Waals surface area contributed by atoms with Gasteiger partial charge in [0.25, 0.3) is 5.91 Å². The van der Waals surface area contributed by atoms with E-state index in [0.29, 0.717) is 34.3 Å². The zero-order chi connectivity index (χ0) is 21.1. The normalized spacial score (nSPS) is 13.5. The quantitative estimate of drug-likeness (QED) is 0.605. The lowest BCUT2D eigenvalue weighted by Gasteiger charge is -2.16. The van der Waals surface area contributed by atoms with Gasteiger partial charge in [0.2, 0.25) is 5.91 Å². The zero-order valence-electron chi connectivity index (χ0n) is 16.2. The summed E-state index contributed by atoms with van der Waals surface area (Å²) in [6.45, 7) is 1.98. The van der Waals surface area contributed by atoms with Crippen LogP contribution in [-0.2, 0) is 14.3 Å². The van der Waals surface area contributed by atoms with Gasteiger partial charge in [-0.25, -0.2) is 9.78 Å². The molecule has 8 nitrogen and oxygen atoms in total. The number of carbonyl (C=O) groups excluding carboxylic acids is 3. The van der Waals surface area contributed by atoms with E-state index in [1.165, 1.54) is 17.6 Å². The molecule has 154 valence electrons. The Balaban J connectivity index is 1.35. The lowest BCUT2D eigenvalue weighted by Crippen LogP contribution is -2.24. The van der Waals surface area contributed by atoms with Gasteiger partial charge in [0.15, 0.2) is 23.1 Å². The van der Waals surface area contributed by atoms with Gasteiger partial charge in [-0.1, -0.05) is 6.07 Å². The van der Waals surface area contributed by atoms with Crippen molar-refractivity contribution in [3.05, 3.63) is 53.2 Å². The monoisotopic (exact) mass is 425 g/mol. The van der Waals surface area contributed by atoms with Gasteiger partial charge in [-0.15, -0.1) is 11.3 Å². The third kappa shape index (κ3) is 4.25. The number of esters is 1. The number of furan rings is 1. The Kier molecular flexibility index (Phi) is 5.62. The number of hydrogen-bond donors (Lipinski definition) is 1. The van der Waals surface area contributed by atoms with Crippen molar-refractivity contribution in [2.45, 2.75) is 19.8 Å². The SMILES string of the molecule is Cc1sc(-c2ccco2)nc1C(=O)OCC(=O)Nc1cccc(N2CCCC2=O)c1. The van der Waals surface area contributed by atoms with Crippen LogP contribution in [0.15, 0.2) is 47.1 Å². The molecular formula is C21H19N3O5S. The lowest BCUT2D eigenvalue weighted by molar-refractivity contribution is -0.119. The Morgan fingerprint density at radius 3 is 2.90 bits per heavy atom. The molecule has 0 unspecified atom stereocenters. The van der Waals surface area contributed by atoms with E-state index in [1.54, 1.807) is 42.2 Å². The fraction of sp³-hybridized carbons (Fsp3) is 0.238. The van der Waals surface area contributed by atoms with Crippen molar-refractivity contribution < 1.29 is 23.5 Å². The van der Waals surface area contributed by atoms with Crippen LogP contribution in [0.3, 0.4) is 0 Å². The Morgan fingerprint density at radius 1 is 1.30 bits per heavy atom. The van der Waals surface area contributed by atoms with E-state index in [2.05, 4.69) is 10.3 Å². The minimum atomic E-state index is -0.673. The van der Waals surface area contributed by atoms with Crippen molar-refractivity contribution >= 4 is 40.5 Å². The predicted octanol–water partition coefficient (Wildman–Crippen LogP) is 3.63. The summed E-state index contributed by atoms with van der Waals surface area (Å²) in [5.74, 6) is -0.517. The maximum atomic E-state index is 12.3. The average Bonchev–Trinajstić information content (AvgIpc) is 3.47. The average molecular weight is 425 g/mol. The van der Waals surface area contributed by atoms with Crippen LogP contribution in [0.1, 0.15) is 28.2 Å². The molecule has 0 radical (unpaired) electrons. The van der Waals surface area contributed by atoms with E-state index in [4.69, 9.17) is 9.15 Å². The van der Waals surface area contributed by atoms with Crippen LogP contribution in [0, 0.1) is 6.92 Å². The molecule has 1 aliphatic heterocycles. The summed E-state index contributed by atoms with van der Waals surface area (Å²) in [5.41, 5.74) is 1.42. The number of hydrogen-bond acceptors (Lipinski definition) is 7. The molecule has 2 aromatic heterocycles. The fourth-order valence-corrected chi connectivity index (χ4v) is 4.03. The number of ether oxygens (including phenoxy) is 1. The first-order valence-corrected chi connectivity index (χ1v) is 10.2. The van der Waals surface area contributed by atoms with Gasteiger partial charge in [-0.05, 0) is 43.7 Å². The number of anilines is 2. The minimum Gasteiger partial charge on any atom is -0.462 e. The zero-order valence-corrected chi connectivity index (χ0v) is 17.0. The van der Waals surface area contributed by atoms with Crippen LogP contribution in [0.2, 0.25) is 0 Å². The molecule has 0 bridgehead atoms. The second-order valence-electron chi connectivity index (χ2n) is 6.72. The summed E-state index contributed by atoms with van der Waals surface area (Å²) in [5, 5.41) is 3.25. The van der Waals surface area contributed by atoms with Crippen molar-refractivity contribution in [2.75, 3.05) is 23.4 Å². The number of nitrogens with one attached hydrogen (secondary N) is 1. The molecule has 0 spiro atoms. The van der Waals surface area contributed by atoms with Gasteiger partial charge in [-0.2, -0.15) is 0 Å². The molecule has 30 heavy (non-hydrogen) atoms. The van der Waals surface area contributed by atoms with Gasteiger partial charge >= 0.3 is 5.97 Å². The van der Waals surface area contributed by atoms with Crippen molar-refractivity contribution in [1.29, 1.82) is 0 Å². The first-order chi connectivity index (χ1) is 14.5. The summed E-state index contributed by atoms with van der Waals surface area (Å²) in [6, 6.07) is 10.5. The second-order valence-corrected chi connectivity index (χ2v) is 7.93.